The van der Waals surface area contributed by atoms with Gasteiger partial charge >= 0.3 is 0 Å². The molecule has 0 spiro atoms. The number of fused-ring (bicyclic) bond motifs is 1. The van der Waals surface area contributed by atoms with E-state index in [1.807, 2.05) is 6.07 Å². The summed E-state index contributed by atoms with van der Waals surface area (Å²) in [6.45, 7) is 1.62. The van der Waals surface area contributed by atoms with E-state index in [0.717, 1.165) is 12.2 Å². The van der Waals surface area contributed by atoms with Crippen molar-refractivity contribution in [3.05, 3.63) is 42.4 Å². The minimum absolute atomic E-state index is 0.0401. The van der Waals surface area contributed by atoms with Gasteiger partial charge in [-0.25, -0.2) is 13.1 Å². The fourth-order valence-electron chi connectivity index (χ4n) is 2.97. The van der Waals surface area contributed by atoms with Crippen LogP contribution in [0.2, 0.25) is 0 Å². The molecule has 2 aromatic rings. The molecule has 0 atom stereocenters. The number of nitrogens with zero attached hydrogens (tertiary/aromatic N) is 1. The minimum atomic E-state index is -3.61. The van der Waals surface area contributed by atoms with Crippen molar-refractivity contribution in [3.63, 3.8) is 0 Å². The summed E-state index contributed by atoms with van der Waals surface area (Å²) < 4.78 is 43.5. The zero-order valence-electron chi connectivity index (χ0n) is 16.4. The molecule has 1 amide bonds. The summed E-state index contributed by atoms with van der Waals surface area (Å²) in [5.41, 5.74) is 0. The first-order valence-electron chi connectivity index (χ1n) is 9.61. The first-order valence-corrected chi connectivity index (χ1v) is 11.1. The average Bonchev–Trinajstić information content (AvgIpc) is 3.23. The van der Waals surface area contributed by atoms with Gasteiger partial charge in [-0.2, -0.15) is 0 Å². The zero-order chi connectivity index (χ0) is 20.7. The molecule has 0 saturated heterocycles. The molecule has 158 valence electrons. The number of hydrogen-bond donors (Lipinski definition) is 1. The van der Waals surface area contributed by atoms with Gasteiger partial charge in [-0.05, 0) is 37.1 Å². The van der Waals surface area contributed by atoms with Gasteiger partial charge in [0.15, 0.2) is 11.5 Å². The highest BCUT2D eigenvalue weighted by Gasteiger charge is 2.19. The molecule has 9 heteroatoms. The molecule has 0 bridgehead atoms. The topological polar surface area (TPSA) is 98.1 Å². The SMILES string of the molecule is CN(Cc1ccco1)C(=O)CCCCCNS(=O)(=O)c1ccc2c(c1)OCCO2. The van der Waals surface area contributed by atoms with Crippen LogP contribution in [-0.2, 0) is 21.4 Å². The Balaban J connectivity index is 1.36. The molecule has 1 aromatic heterocycles. The van der Waals surface area contributed by atoms with Gasteiger partial charge in [0.25, 0.3) is 0 Å². The van der Waals surface area contributed by atoms with Crippen LogP contribution in [0.3, 0.4) is 0 Å². The monoisotopic (exact) mass is 422 g/mol. The van der Waals surface area contributed by atoms with E-state index in [4.69, 9.17) is 13.9 Å². The maximum atomic E-state index is 12.4. The van der Waals surface area contributed by atoms with Crippen LogP contribution < -0.4 is 14.2 Å². The molecule has 0 radical (unpaired) electrons. The lowest BCUT2D eigenvalue weighted by atomic mass is 10.2. The number of furan rings is 1. The van der Waals surface area contributed by atoms with Crippen molar-refractivity contribution >= 4 is 15.9 Å². The molecule has 1 aliphatic rings. The molecular weight excluding hydrogens is 396 g/mol. The molecule has 0 aliphatic carbocycles. The predicted molar refractivity (Wildman–Crippen MR) is 106 cm³/mol. The fourth-order valence-corrected chi connectivity index (χ4v) is 4.06. The average molecular weight is 423 g/mol. The van der Waals surface area contributed by atoms with Gasteiger partial charge < -0.3 is 18.8 Å². The number of ether oxygens (including phenoxy) is 2. The maximum absolute atomic E-state index is 12.4. The Hall–Kier alpha value is -2.52. The number of carbonyl (C=O) groups is 1. The number of hydrogen-bond acceptors (Lipinski definition) is 6. The summed E-state index contributed by atoms with van der Waals surface area (Å²) in [7, 11) is -1.87. The van der Waals surface area contributed by atoms with Crippen LogP contribution in [0.4, 0.5) is 0 Å². The van der Waals surface area contributed by atoms with Crippen molar-refractivity contribution < 1.29 is 27.1 Å². The first kappa shape index (κ1) is 21.2. The number of sulfonamides is 1. The van der Waals surface area contributed by atoms with E-state index < -0.39 is 10.0 Å². The predicted octanol–water partition coefficient (Wildman–Crippen LogP) is 2.55. The van der Waals surface area contributed by atoms with E-state index in [1.54, 1.807) is 30.3 Å². The van der Waals surface area contributed by atoms with Gasteiger partial charge in [0.2, 0.25) is 15.9 Å². The highest BCUT2D eigenvalue weighted by Crippen LogP contribution is 2.32. The largest absolute Gasteiger partial charge is 0.486 e. The highest BCUT2D eigenvalue weighted by molar-refractivity contribution is 7.89. The quantitative estimate of drug-likeness (QED) is 0.591. The summed E-state index contributed by atoms with van der Waals surface area (Å²) in [5.74, 6) is 1.78. The fraction of sp³-hybridized carbons (Fsp3) is 0.450. The van der Waals surface area contributed by atoms with Crippen molar-refractivity contribution in [3.8, 4) is 11.5 Å². The molecule has 1 N–H and O–H groups in total. The molecular formula is C20H26N2O6S. The van der Waals surface area contributed by atoms with Gasteiger partial charge in [-0.15, -0.1) is 0 Å². The Labute approximate surface area is 170 Å². The molecule has 0 fully saturated rings. The van der Waals surface area contributed by atoms with Crippen molar-refractivity contribution in [1.82, 2.24) is 9.62 Å². The third kappa shape index (κ3) is 5.98. The van der Waals surface area contributed by atoms with E-state index in [0.29, 0.717) is 57.1 Å². The van der Waals surface area contributed by atoms with Crippen molar-refractivity contribution in [2.24, 2.45) is 0 Å². The first-order chi connectivity index (χ1) is 14.0. The number of unbranched alkanes of at least 4 members (excludes halogenated alkanes) is 2. The summed E-state index contributed by atoms with van der Waals surface area (Å²) in [6, 6.07) is 8.21. The maximum Gasteiger partial charge on any atom is 0.240 e. The summed E-state index contributed by atoms with van der Waals surface area (Å²) in [6.07, 6.45) is 4.11. The van der Waals surface area contributed by atoms with E-state index in [-0.39, 0.29) is 10.8 Å². The lowest BCUT2D eigenvalue weighted by Crippen LogP contribution is -2.26. The number of carbonyl (C=O) groups excluding carboxylic acids is 1. The molecule has 0 saturated carbocycles. The third-order valence-corrected chi connectivity index (χ3v) is 6.04. The van der Waals surface area contributed by atoms with Gasteiger partial charge in [0, 0.05) is 26.1 Å². The molecule has 1 aromatic carbocycles. The molecule has 0 unspecified atom stereocenters. The second-order valence-corrected chi connectivity index (χ2v) is 8.61. The lowest BCUT2D eigenvalue weighted by Gasteiger charge is -2.19. The van der Waals surface area contributed by atoms with Gasteiger partial charge in [-0.1, -0.05) is 6.42 Å². The summed E-state index contributed by atoms with van der Waals surface area (Å²) >= 11 is 0. The number of benzene rings is 1. The van der Waals surface area contributed by atoms with Gasteiger partial charge in [0.05, 0.1) is 17.7 Å². The van der Waals surface area contributed by atoms with Gasteiger partial charge in [-0.3, -0.25) is 4.79 Å². The highest BCUT2D eigenvalue weighted by atomic mass is 32.2. The number of rotatable bonds is 10. The zero-order valence-corrected chi connectivity index (χ0v) is 17.2. The Kier molecular flexibility index (Phi) is 7.16. The standard InChI is InChI=1S/C20H26N2O6S/c1-22(15-16-6-5-11-26-16)20(23)7-3-2-4-10-21-29(24,25)17-8-9-18-19(14-17)28-13-12-27-18/h5-6,8-9,11,14,21H,2-4,7,10,12-13,15H2,1H3. The van der Waals surface area contributed by atoms with E-state index >= 15 is 0 Å². The van der Waals surface area contributed by atoms with E-state index in [2.05, 4.69) is 4.72 Å². The van der Waals surface area contributed by atoms with Gasteiger partial charge in [0.1, 0.15) is 19.0 Å². The normalized spacial score (nSPS) is 13.3. The van der Waals surface area contributed by atoms with Crippen LogP contribution in [0.1, 0.15) is 31.4 Å². The summed E-state index contributed by atoms with van der Waals surface area (Å²) in [4.78, 5) is 13.9. The van der Waals surface area contributed by atoms with E-state index in [9.17, 15) is 13.2 Å². The molecule has 29 heavy (non-hydrogen) atoms. The third-order valence-electron chi connectivity index (χ3n) is 4.58. The Morgan fingerprint density at radius 2 is 1.90 bits per heavy atom. The van der Waals surface area contributed by atoms with Crippen LogP contribution in [0.25, 0.3) is 0 Å². The number of nitrogens with one attached hydrogen (secondary N) is 1. The molecule has 8 nitrogen and oxygen atoms in total. The van der Waals surface area contributed by atoms with Crippen molar-refractivity contribution in [1.29, 1.82) is 0 Å². The van der Waals surface area contributed by atoms with Crippen molar-refractivity contribution in [2.75, 3.05) is 26.8 Å². The van der Waals surface area contributed by atoms with Crippen LogP contribution in [0.5, 0.6) is 11.5 Å². The van der Waals surface area contributed by atoms with E-state index in [1.165, 1.54) is 12.1 Å². The minimum Gasteiger partial charge on any atom is -0.486 e. The van der Waals surface area contributed by atoms with Crippen LogP contribution >= 0.6 is 0 Å². The van der Waals surface area contributed by atoms with Crippen molar-refractivity contribution in [2.45, 2.75) is 37.1 Å². The Morgan fingerprint density at radius 1 is 1.10 bits per heavy atom. The lowest BCUT2D eigenvalue weighted by molar-refractivity contribution is -0.130. The Morgan fingerprint density at radius 3 is 2.66 bits per heavy atom. The molecule has 3 rings (SSSR count). The van der Waals surface area contributed by atoms with Crippen LogP contribution in [-0.4, -0.2) is 46.0 Å². The summed E-state index contributed by atoms with van der Waals surface area (Å²) in [5, 5.41) is 0. The second kappa shape index (κ2) is 9.80. The van der Waals surface area contributed by atoms with Crippen LogP contribution in [0.15, 0.2) is 45.9 Å². The molecule has 1 aliphatic heterocycles. The second-order valence-electron chi connectivity index (χ2n) is 6.84. The number of amides is 1. The van der Waals surface area contributed by atoms with Crippen LogP contribution in [0, 0.1) is 0 Å². The smallest absolute Gasteiger partial charge is 0.240 e. The Bertz CT molecular complexity index is 911. The molecule has 2 heterocycles.